The van der Waals surface area contributed by atoms with Crippen molar-refractivity contribution in [1.82, 2.24) is 34.9 Å². The van der Waals surface area contributed by atoms with E-state index in [0.29, 0.717) is 17.1 Å². The molecule has 7 rings (SSSR count). The fourth-order valence-electron chi connectivity index (χ4n) is 5.63. The lowest BCUT2D eigenvalue weighted by atomic mass is 9.71. The zero-order chi connectivity index (χ0) is 29.6. The van der Waals surface area contributed by atoms with Crippen molar-refractivity contribution in [3.8, 4) is 33.9 Å². The number of nitrogens with one attached hydrogen (secondary N) is 1. The van der Waals surface area contributed by atoms with E-state index >= 15 is 0 Å². The Bertz CT molecular complexity index is 1940. The van der Waals surface area contributed by atoms with Crippen LogP contribution in [0.2, 0.25) is 0 Å². The molecule has 1 saturated carbocycles. The molecule has 0 aliphatic heterocycles. The molecule has 6 aromatic rings. The average molecular weight is 570 g/mol. The highest BCUT2D eigenvalue weighted by Crippen LogP contribution is 2.42. The van der Waals surface area contributed by atoms with Gasteiger partial charge in [0, 0.05) is 29.1 Å². The smallest absolute Gasteiger partial charge is 0.408 e. The molecule has 0 spiro atoms. The van der Waals surface area contributed by atoms with Gasteiger partial charge in [-0.15, -0.1) is 10.2 Å². The first-order valence-corrected chi connectivity index (χ1v) is 14.4. The number of hydrogen-bond donors (Lipinski definition) is 1. The van der Waals surface area contributed by atoms with Gasteiger partial charge in [-0.25, -0.2) is 14.8 Å². The minimum absolute atomic E-state index is 0.394. The van der Waals surface area contributed by atoms with Crippen molar-refractivity contribution < 1.29 is 9.53 Å². The van der Waals surface area contributed by atoms with E-state index in [1.807, 2.05) is 79.8 Å². The summed E-state index contributed by atoms with van der Waals surface area (Å²) in [6.45, 7) is 5.62. The second kappa shape index (κ2) is 10.3. The second-order valence-corrected chi connectivity index (χ2v) is 11.9. The molecular formula is C34H31N7O2. The van der Waals surface area contributed by atoms with Crippen LogP contribution in [0.1, 0.15) is 45.6 Å². The van der Waals surface area contributed by atoms with Crippen molar-refractivity contribution in [3.05, 3.63) is 96.8 Å². The molecule has 9 heteroatoms. The lowest BCUT2D eigenvalue weighted by Crippen LogP contribution is -2.52. The minimum atomic E-state index is -0.557. The van der Waals surface area contributed by atoms with Gasteiger partial charge in [0.2, 0.25) is 0 Å². The van der Waals surface area contributed by atoms with Crippen LogP contribution in [0.25, 0.3) is 50.7 Å². The molecule has 1 aliphatic rings. The molecule has 1 fully saturated rings. The molecule has 43 heavy (non-hydrogen) atoms. The van der Waals surface area contributed by atoms with Gasteiger partial charge in [-0.3, -0.25) is 9.38 Å². The summed E-state index contributed by atoms with van der Waals surface area (Å²) >= 11 is 0. The van der Waals surface area contributed by atoms with Crippen LogP contribution in [0, 0.1) is 0 Å². The number of ether oxygens (including phenoxy) is 1. The number of alkyl carbamates (subject to hydrolysis) is 1. The van der Waals surface area contributed by atoms with Gasteiger partial charge >= 0.3 is 6.09 Å². The molecule has 0 atom stereocenters. The molecule has 0 bridgehead atoms. The van der Waals surface area contributed by atoms with Gasteiger partial charge in [-0.05, 0) is 69.9 Å². The highest BCUT2D eigenvalue weighted by Gasteiger charge is 2.41. The van der Waals surface area contributed by atoms with Gasteiger partial charge in [0.05, 0.1) is 16.9 Å². The van der Waals surface area contributed by atoms with Crippen molar-refractivity contribution >= 4 is 22.9 Å². The van der Waals surface area contributed by atoms with Crippen LogP contribution in [-0.2, 0) is 10.3 Å². The zero-order valence-corrected chi connectivity index (χ0v) is 24.3. The first-order valence-electron chi connectivity index (χ1n) is 14.4. The Morgan fingerprint density at radius 2 is 1.51 bits per heavy atom. The molecule has 2 aromatic carbocycles. The first-order chi connectivity index (χ1) is 20.8. The Morgan fingerprint density at radius 3 is 2.19 bits per heavy atom. The second-order valence-electron chi connectivity index (χ2n) is 11.9. The SMILES string of the molecule is CC(C)(C)OC(=O)NC1(c2ccc(-c3nc4ccc5nnc(-c6ccncc6)n5c4nc3-c3ccccc3)cc2)CCC1. The third-order valence-electron chi connectivity index (χ3n) is 7.84. The normalized spacial score (nSPS) is 14.4. The Balaban J connectivity index is 1.33. The number of benzene rings is 2. The van der Waals surface area contributed by atoms with Crippen molar-refractivity contribution in [2.45, 2.75) is 51.2 Å². The number of nitrogens with zero attached hydrogens (tertiary/aromatic N) is 6. The average Bonchev–Trinajstić information content (AvgIpc) is 3.43. The van der Waals surface area contributed by atoms with Crippen molar-refractivity contribution in [3.63, 3.8) is 0 Å². The zero-order valence-electron chi connectivity index (χ0n) is 24.3. The third kappa shape index (κ3) is 4.97. The first kappa shape index (κ1) is 26.7. The van der Waals surface area contributed by atoms with Gasteiger partial charge in [0.25, 0.3) is 0 Å². The van der Waals surface area contributed by atoms with Crippen LogP contribution in [0.4, 0.5) is 4.79 Å². The molecule has 1 aliphatic carbocycles. The van der Waals surface area contributed by atoms with Gasteiger partial charge in [0.1, 0.15) is 11.1 Å². The quantitative estimate of drug-likeness (QED) is 0.239. The fourth-order valence-corrected chi connectivity index (χ4v) is 5.63. The van der Waals surface area contributed by atoms with E-state index in [9.17, 15) is 4.79 Å². The molecular weight excluding hydrogens is 538 g/mol. The number of carbonyl (C=O) groups excluding carboxylic acids is 1. The molecule has 4 aromatic heterocycles. The van der Waals surface area contributed by atoms with Crippen LogP contribution < -0.4 is 5.32 Å². The fraction of sp³-hybridized carbons (Fsp3) is 0.235. The topological polar surface area (TPSA) is 107 Å². The van der Waals surface area contributed by atoms with Crippen LogP contribution in [-0.4, -0.2) is 41.2 Å². The molecule has 0 unspecified atom stereocenters. The predicted molar refractivity (Wildman–Crippen MR) is 165 cm³/mol. The van der Waals surface area contributed by atoms with Gasteiger partial charge in [-0.1, -0.05) is 54.6 Å². The Kier molecular flexibility index (Phi) is 6.38. The standard InChI is InChI=1S/C34H31N7O2/c1-33(2,3)43-32(42)38-34(18-7-19-34)25-12-10-23(11-13-25)28-29(22-8-5-4-6-9-22)37-31-26(36-28)14-15-27-39-40-30(41(27)31)24-16-20-35-21-17-24/h4-6,8-17,20-21H,7,18-19H2,1-3H3,(H,38,42). The number of fused-ring (bicyclic) bond motifs is 3. The Labute approximate surface area is 249 Å². The summed E-state index contributed by atoms with van der Waals surface area (Å²) in [4.78, 5) is 27.2. The summed E-state index contributed by atoms with van der Waals surface area (Å²) in [6, 6.07) is 26.0. The van der Waals surface area contributed by atoms with Gasteiger partial charge in [-0.2, -0.15) is 0 Å². The maximum atomic E-state index is 12.7. The molecule has 1 N–H and O–H groups in total. The van der Waals surface area contributed by atoms with E-state index in [-0.39, 0.29) is 0 Å². The van der Waals surface area contributed by atoms with Crippen molar-refractivity contribution in [2.24, 2.45) is 0 Å². The lowest BCUT2D eigenvalue weighted by Gasteiger charge is -2.43. The summed E-state index contributed by atoms with van der Waals surface area (Å²) in [5, 5.41) is 12.0. The van der Waals surface area contributed by atoms with E-state index in [0.717, 1.165) is 58.4 Å². The van der Waals surface area contributed by atoms with E-state index in [1.54, 1.807) is 12.4 Å². The molecule has 1 amide bonds. The maximum Gasteiger partial charge on any atom is 0.408 e. The van der Waals surface area contributed by atoms with E-state index in [4.69, 9.17) is 14.7 Å². The number of carbonyl (C=O) groups is 1. The summed E-state index contributed by atoms with van der Waals surface area (Å²) in [5.74, 6) is 0.677. The largest absolute Gasteiger partial charge is 0.444 e. The highest BCUT2D eigenvalue weighted by molar-refractivity contribution is 5.87. The maximum absolute atomic E-state index is 12.7. The van der Waals surface area contributed by atoms with Crippen molar-refractivity contribution in [1.29, 1.82) is 0 Å². The van der Waals surface area contributed by atoms with Crippen LogP contribution in [0.3, 0.4) is 0 Å². The van der Waals surface area contributed by atoms with E-state index < -0.39 is 17.2 Å². The van der Waals surface area contributed by atoms with E-state index in [1.165, 1.54) is 0 Å². The third-order valence-corrected chi connectivity index (χ3v) is 7.84. The van der Waals surface area contributed by atoms with Crippen LogP contribution in [0.15, 0.2) is 91.3 Å². The summed E-state index contributed by atoms with van der Waals surface area (Å²) in [7, 11) is 0. The molecule has 4 heterocycles. The summed E-state index contributed by atoms with van der Waals surface area (Å²) < 4.78 is 7.51. The molecule has 9 nitrogen and oxygen atoms in total. The van der Waals surface area contributed by atoms with Crippen LogP contribution in [0.5, 0.6) is 0 Å². The molecule has 214 valence electrons. The molecule has 0 radical (unpaired) electrons. The Hall–Kier alpha value is -5.18. The molecule has 0 saturated heterocycles. The van der Waals surface area contributed by atoms with Gasteiger partial charge < -0.3 is 10.1 Å². The number of pyridine rings is 2. The number of aromatic nitrogens is 6. The number of rotatable bonds is 5. The summed E-state index contributed by atoms with van der Waals surface area (Å²) in [5.41, 5.74) is 6.45. The summed E-state index contributed by atoms with van der Waals surface area (Å²) in [6.07, 6.45) is 5.86. The van der Waals surface area contributed by atoms with Gasteiger partial charge in [0.15, 0.2) is 17.1 Å². The number of amides is 1. The highest BCUT2D eigenvalue weighted by atomic mass is 16.6. The lowest BCUT2D eigenvalue weighted by molar-refractivity contribution is 0.0377. The number of hydrogen-bond acceptors (Lipinski definition) is 7. The van der Waals surface area contributed by atoms with Crippen molar-refractivity contribution in [2.75, 3.05) is 0 Å². The predicted octanol–water partition coefficient (Wildman–Crippen LogP) is 6.97. The monoisotopic (exact) mass is 569 g/mol. The minimum Gasteiger partial charge on any atom is -0.444 e. The Morgan fingerprint density at radius 1 is 0.814 bits per heavy atom. The van der Waals surface area contributed by atoms with Crippen LogP contribution >= 0.6 is 0 Å². The van der Waals surface area contributed by atoms with E-state index in [2.05, 4.69) is 44.8 Å².